The van der Waals surface area contributed by atoms with Gasteiger partial charge in [-0.3, -0.25) is 4.98 Å². The number of carboxylic acids is 1. The molecule has 3 aromatic rings. The fraction of sp³-hybridized carbons (Fsp3) is 0. The molecule has 0 aliphatic heterocycles. The second-order valence-electron chi connectivity index (χ2n) is 4.54. The monoisotopic (exact) mass is 276 g/mol. The summed E-state index contributed by atoms with van der Waals surface area (Å²) in [6.07, 6.45) is 2.81. The molecule has 102 valence electrons. The van der Waals surface area contributed by atoms with Crippen LogP contribution in [0.25, 0.3) is 22.4 Å². The van der Waals surface area contributed by atoms with Gasteiger partial charge in [-0.25, -0.2) is 9.78 Å². The van der Waals surface area contributed by atoms with E-state index in [2.05, 4.69) is 9.97 Å². The zero-order valence-electron chi connectivity index (χ0n) is 11.1. The lowest BCUT2D eigenvalue weighted by atomic mass is 10.0. The highest BCUT2D eigenvalue weighted by Crippen LogP contribution is 2.24. The first kappa shape index (κ1) is 13.0. The second-order valence-corrected chi connectivity index (χ2v) is 4.54. The van der Waals surface area contributed by atoms with Crippen LogP contribution >= 0.6 is 0 Å². The molecule has 0 amide bonds. The molecule has 0 saturated heterocycles. The number of hydrogen-bond acceptors (Lipinski definition) is 3. The maximum Gasteiger partial charge on any atom is 0.356 e. The minimum atomic E-state index is -1.08. The van der Waals surface area contributed by atoms with Gasteiger partial charge in [0.15, 0.2) is 5.69 Å². The predicted molar refractivity (Wildman–Crippen MR) is 79.9 cm³/mol. The molecule has 0 saturated carbocycles. The van der Waals surface area contributed by atoms with Crippen molar-refractivity contribution in [2.75, 3.05) is 0 Å². The Balaban J connectivity index is 2.04. The first-order valence-electron chi connectivity index (χ1n) is 6.45. The van der Waals surface area contributed by atoms with Crippen molar-refractivity contribution < 1.29 is 9.90 Å². The molecule has 3 rings (SSSR count). The molecule has 4 heteroatoms. The van der Waals surface area contributed by atoms with Crippen LogP contribution in [0, 0.1) is 0 Å². The number of hydrogen-bond donors (Lipinski definition) is 1. The van der Waals surface area contributed by atoms with Crippen molar-refractivity contribution in [2.45, 2.75) is 0 Å². The van der Waals surface area contributed by atoms with E-state index in [-0.39, 0.29) is 5.69 Å². The summed E-state index contributed by atoms with van der Waals surface area (Å²) >= 11 is 0. The fourth-order valence-corrected chi connectivity index (χ4v) is 2.10. The third-order valence-electron chi connectivity index (χ3n) is 3.12. The average molecular weight is 276 g/mol. The van der Waals surface area contributed by atoms with Gasteiger partial charge in [0.25, 0.3) is 0 Å². The van der Waals surface area contributed by atoms with Gasteiger partial charge in [-0.1, -0.05) is 48.5 Å². The Hall–Kier alpha value is -3.01. The van der Waals surface area contributed by atoms with Crippen LogP contribution in [0.5, 0.6) is 0 Å². The SMILES string of the molecule is O=C(O)c1cncc(-c2cccc(-c3ccccc3)c2)n1. The molecule has 0 radical (unpaired) electrons. The third kappa shape index (κ3) is 2.79. The maximum atomic E-state index is 11.0. The molecule has 0 aliphatic rings. The average Bonchev–Trinajstić information content (AvgIpc) is 2.56. The Bertz CT molecular complexity index is 786. The Morgan fingerprint density at radius 3 is 2.33 bits per heavy atom. The van der Waals surface area contributed by atoms with Crippen molar-refractivity contribution in [1.29, 1.82) is 0 Å². The Kier molecular flexibility index (Phi) is 3.43. The molecule has 2 aromatic carbocycles. The van der Waals surface area contributed by atoms with Gasteiger partial charge in [0.2, 0.25) is 0 Å². The number of nitrogens with zero attached hydrogens (tertiary/aromatic N) is 2. The molecule has 4 nitrogen and oxygen atoms in total. The van der Waals surface area contributed by atoms with E-state index in [1.165, 1.54) is 6.20 Å². The van der Waals surface area contributed by atoms with Crippen LogP contribution in [0.3, 0.4) is 0 Å². The minimum absolute atomic E-state index is 0.0578. The summed E-state index contributed by atoms with van der Waals surface area (Å²) in [5.74, 6) is -1.08. The van der Waals surface area contributed by atoms with Crippen molar-refractivity contribution >= 4 is 5.97 Å². The summed E-state index contributed by atoms with van der Waals surface area (Å²) in [6, 6.07) is 17.8. The molecule has 0 spiro atoms. The molecule has 21 heavy (non-hydrogen) atoms. The highest BCUT2D eigenvalue weighted by Gasteiger charge is 2.08. The van der Waals surface area contributed by atoms with Crippen LogP contribution in [0.4, 0.5) is 0 Å². The summed E-state index contributed by atoms with van der Waals surface area (Å²) in [5, 5.41) is 8.99. The minimum Gasteiger partial charge on any atom is -0.476 e. The summed E-state index contributed by atoms with van der Waals surface area (Å²) in [7, 11) is 0. The molecule has 0 atom stereocenters. The molecular weight excluding hydrogens is 264 g/mol. The topological polar surface area (TPSA) is 63.1 Å². The predicted octanol–water partition coefficient (Wildman–Crippen LogP) is 3.51. The quantitative estimate of drug-likeness (QED) is 0.795. The van der Waals surface area contributed by atoms with Crippen molar-refractivity contribution in [3.8, 4) is 22.4 Å². The van der Waals surface area contributed by atoms with E-state index in [0.29, 0.717) is 5.69 Å². The second kappa shape index (κ2) is 5.54. The smallest absolute Gasteiger partial charge is 0.356 e. The highest BCUT2D eigenvalue weighted by atomic mass is 16.4. The molecule has 0 bridgehead atoms. The maximum absolute atomic E-state index is 11.0. The molecule has 1 aromatic heterocycles. The van der Waals surface area contributed by atoms with E-state index in [0.717, 1.165) is 16.7 Å². The zero-order valence-corrected chi connectivity index (χ0v) is 11.1. The molecular formula is C17H12N2O2. The largest absolute Gasteiger partial charge is 0.476 e. The van der Waals surface area contributed by atoms with E-state index in [9.17, 15) is 4.79 Å². The summed E-state index contributed by atoms with van der Waals surface area (Å²) in [6.45, 7) is 0. The molecule has 0 fully saturated rings. The molecule has 1 heterocycles. The van der Waals surface area contributed by atoms with E-state index >= 15 is 0 Å². The first-order chi connectivity index (χ1) is 10.2. The molecule has 0 aliphatic carbocycles. The van der Waals surface area contributed by atoms with Crippen molar-refractivity contribution in [3.63, 3.8) is 0 Å². The number of benzene rings is 2. The van der Waals surface area contributed by atoms with Gasteiger partial charge in [-0.05, 0) is 17.2 Å². The van der Waals surface area contributed by atoms with Crippen LogP contribution in [0.15, 0.2) is 67.0 Å². The lowest BCUT2D eigenvalue weighted by molar-refractivity contribution is 0.0690. The van der Waals surface area contributed by atoms with Crippen LogP contribution in [-0.4, -0.2) is 21.0 Å². The lowest BCUT2D eigenvalue weighted by Crippen LogP contribution is -2.01. The number of aromatic carboxylic acids is 1. The third-order valence-corrected chi connectivity index (χ3v) is 3.12. The van der Waals surface area contributed by atoms with Crippen LogP contribution in [0.2, 0.25) is 0 Å². The van der Waals surface area contributed by atoms with Crippen LogP contribution in [-0.2, 0) is 0 Å². The van der Waals surface area contributed by atoms with Gasteiger partial charge >= 0.3 is 5.97 Å². The highest BCUT2D eigenvalue weighted by molar-refractivity contribution is 5.85. The summed E-state index contributed by atoms with van der Waals surface area (Å²) in [5.41, 5.74) is 3.48. The Morgan fingerprint density at radius 1 is 0.857 bits per heavy atom. The first-order valence-corrected chi connectivity index (χ1v) is 6.45. The Labute approximate surface area is 121 Å². The van der Waals surface area contributed by atoms with E-state index in [4.69, 9.17) is 5.11 Å². The van der Waals surface area contributed by atoms with Crippen LogP contribution < -0.4 is 0 Å². The lowest BCUT2D eigenvalue weighted by Gasteiger charge is -2.05. The van der Waals surface area contributed by atoms with E-state index in [1.807, 2.05) is 54.6 Å². The normalized spacial score (nSPS) is 10.3. The van der Waals surface area contributed by atoms with Crippen molar-refractivity contribution in [1.82, 2.24) is 9.97 Å². The van der Waals surface area contributed by atoms with Gasteiger partial charge < -0.3 is 5.11 Å². The van der Waals surface area contributed by atoms with Crippen molar-refractivity contribution in [3.05, 3.63) is 72.7 Å². The number of carboxylic acid groups (broad SMARTS) is 1. The van der Waals surface area contributed by atoms with Crippen LogP contribution in [0.1, 0.15) is 10.5 Å². The van der Waals surface area contributed by atoms with E-state index < -0.39 is 5.97 Å². The summed E-state index contributed by atoms with van der Waals surface area (Å²) in [4.78, 5) is 19.0. The number of rotatable bonds is 3. The van der Waals surface area contributed by atoms with Gasteiger partial charge in [0.05, 0.1) is 18.1 Å². The van der Waals surface area contributed by atoms with Gasteiger partial charge in [-0.2, -0.15) is 0 Å². The molecule has 0 unspecified atom stereocenters. The van der Waals surface area contributed by atoms with E-state index in [1.54, 1.807) is 6.20 Å². The molecule has 1 N–H and O–H groups in total. The standard InChI is InChI=1S/C17H12N2O2/c20-17(21)16-11-18-10-15(19-16)14-8-4-7-13(9-14)12-5-2-1-3-6-12/h1-11H,(H,20,21). The van der Waals surface area contributed by atoms with Gasteiger partial charge in [0, 0.05) is 5.56 Å². The van der Waals surface area contributed by atoms with Gasteiger partial charge in [-0.15, -0.1) is 0 Å². The van der Waals surface area contributed by atoms with Gasteiger partial charge in [0.1, 0.15) is 0 Å². The number of carbonyl (C=O) groups is 1. The Morgan fingerprint density at radius 2 is 1.57 bits per heavy atom. The summed E-state index contributed by atoms with van der Waals surface area (Å²) < 4.78 is 0. The fourth-order valence-electron chi connectivity index (χ4n) is 2.10. The number of aromatic nitrogens is 2. The van der Waals surface area contributed by atoms with Crippen molar-refractivity contribution in [2.24, 2.45) is 0 Å². The zero-order chi connectivity index (χ0) is 14.7.